The van der Waals surface area contributed by atoms with E-state index in [1.54, 1.807) is 7.11 Å². The number of nitrogens with zero attached hydrogens (tertiary/aromatic N) is 1. The first-order valence-electron chi connectivity index (χ1n) is 3.42. The van der Waals surface area contributed by atoms with Crippen molar-refractivity contribution in [2.45, 2.75) is 24.9 Å². The fourth-order valence-corrected chi connectivity index (χ4v) is 1.17. The molecule has 1 fully saturated rings. The van der Waals surface area contributed by atoms with Crippen molar-refractivity contribution in [2.24, 2.45) is 4.99 Å². The standard InChI is InChI=1S/C7H11NO2/c1-10-7(3-2-4-7)5-8-6-9/h2-5H2,1H3. The lowest BCUT2D eigenvalue weighted by Gasteiger charge is -2.38. The molecule has 56 valence electrons. The molecular weight excluding hydrogens is 130 g/mol. The Morgan fingerprint density at radius 1 is 1.70 bits per heavy atom. The number of isocyanates is 1. The number of aliphatic imine (C=N–C) groups is 1. The smallest absolute Gasteiger partial charge is 0.235 e. The third-order valence-electron chi connectivity index (χ3n) is 2.13. The predicted molar refractivity (Wildman–Crippen MR) is 36.6 cm³/mol. The maximum atomic E-state index is 9.76. The van der Waals surface area contributed by atoms with Gasteiger partial charge in [-0.05, 0) is 19.3 Å². The van der Waals surface area contributed by atoms with Crippen molar-refractivity contribution >= 4 is 6.08 Å². The Morgan fingerprint density at radius 3 is 2.70 bits per heavy atom. The first kappa shape index (κ1) is 7.45. The molecule has 0 amide bonds. The van der Waals surface area contributed by atoms with Crippen LogP contribution in [0.3, 0.4) is 0 Å². The van der Waals surface area contributed by atoms with E-state index in [0.29, 0.717) is 6.54 Å². The highest BCUT2D eigenvalue weighted by molar-refractivity contribution is 5.33. The third-order valence-corrected chi connectivity index (χ3v) is 2.13. The van der Waals surface area contributed by atoms with Crippen molar-refractivity contribution in [1.29, 1.82) is 0 Å². The Hall–Kier alpha value is -0.660. The van der Waals surface area contributed by atoms with Crippen molar-refractivity contribution in [3.05, 3.63) is 0 Å². The van der Waals surface area contributed by atoms with Crippen molar-refractivity contribution in [3.63, 3.8) is 0 Å². The van der Waals surface area contributed by atoms with Crippen LogP contribution < -0.4 is 0 Å². The molecule has 0 aromatic rings. The molecule has 3 heteroatoms. The molecule has 0 aliphatic heterocycles. The van der Waals surface area contributed by atoms with Crippen molar-refractivity contribution in [2.75, 3.05) is 13.7 Å². The van der Waals surface area contributed by atoms with Gasteiger partial charge in [-0.25, -0.2) is 9.79 Å². The summed E-state index contributed by atoms with van der Waals surface area (Å²) in [6.07, 6.45) is 4.75. The van der Waals surface area contributed by atoms with Crippen LogP contribution in [0, 0.1) is 0 Å². The van der Waals surface area contributed by atoms with Crippen molar-refractivity contribution < 1.29 is 9.53 Å². The fraction of sp³-hybridized carbons (Fsp3) is 0.857. The molecule has 0 unspecified atom stereocenters. The normalized spacial score (nSPS) is 20.9. The summed E-state index contributed by atoms with van der Waals surface area (Å²) < 4.78 is 5.20. The third kappa shape index (κ3) is 1.25. The van der Waals surface area contributed by atoms with Gasteiger partial charge in [-0.2, -0.15) is 0 Å². The first-order chi connectivity index (χ1) is 4.83. The lowest BCUT2D eigenvalue weighted by Crippen LogP contribution is -2.42. The highest BCUT2D eigenvalue weighted by Gasteiger charge is 2.36. The van der Waals surface area contributed by atoms with Crippen LogP contribution >= 0.6 is 0 Å². The zero-order chi connectivity index (χ0) is 7.45. The van der Waals surface area contributed by atoms with E-state index >= 15 is 0 Å². The summed E-state index contributed by atoms with van der Waals surface area (Å²) in [5.41, 5.74) is -0.114. The van der Waals surface area contributed by atoms with Gasteiger partial charge in [0.25, 0.3) is 0 Å². The molecule has 10 heavy (non-hydrogen) atoms. The number of ether oxygens (including phenoxy) is 1. The van der Waals surface area contributed by atoms with Gasteiger partial charge in [0.05, 0.1) is 12.1 Å². The molecule has 0 N–H and O–H groups in total. The van der Waals surface area contributed by atoms with Crippen LogP contribution in [0.25, 0.3) is 0 Å². The van der Waals surface area contributed by atoms with Gasteiger partial charge in [-0.3, -0.25) is 0 Å². The van der Waals surface area contributed by atoms with E-state index in [2.05, 4.69) is 4.99 Å². The Morgan fingerprint density at radius 2 is 2.40 bits per heavy atom. The Balaban J connectivity index is 2.40. The molecule has 0 aromatic heterocycles. The monoisotopic (exact) mass is 141 g/mol. The van der Waals surface area contributed by atoms with Crippen LogP contribution in [0.4, 0.5) is 0 Å². The van der Waals surface area contributed by atoms with E-state index in [1.165, 1.54) is 12.5 Å². The molecular formula is C7H11NO2. The molecule has 3 nitrogen and oxygen atoms in total. The molecule has 1 rings (SSSR count). The molecule has 0 atom stereocenters. The SMILES string of the molecule is COC1(CN=C=O)CCC1. The minimum absolute atomic E-state index is 0.114. The average Bonchev–Trinajstić information content (AvgIpc) is 1.87. The van der Waals surface area contributed by atoms with Crippen LogP contribution in [-0.2, 0) is 9.53 Å². The molecule has 1 aliphatic rings. The zero-order valence-electron chi connectivity index (χ0n) is 6.09. The van der Waals surface area contributed by atoms with Gasteiger partial charge < -0.3 is 4.74 Å². The molecule has 1 saturated carbocycles. The molecule has 0 heterocycles. The topological polar surface area (TPSA) is 38.7 Å². The predicted octanol–water partition coefficient (Wildman–Crippen LogP) is 0.891. The lowest BCUT2D eigenvalue weighted by molar-refractivity contribution is -0.0629. The average molecular weight is 141 g/mol. The number of hydrogen-bond acceptors (Lipinski definition) is 3. The lowest BCUT2D eigenvalue weighted by atomic mass is 9.80. The number of methoxy groups -OCH3 is 1. The van der Waals surface area contributed by atoms with Gasteiger partial charge in [0.2, 0.25) is 6.08 Å². The van der Waals surface area contributed by atoms with E-state index < -0.39 is 0 Å². The highest BCUT2D eigenvalue weighted by atomic mass is 16.5. The van der Waals surface area contributed by atoms with E-state index in [-0.39, 0.29) is 5.60 Å². The largest absolute Gasteiger partial charge is 0.376 e. The summed E-state index contributed by atoms with van der Waals surface area (Å²) in [5, 5.41) is 0. The molecule has 0 bridgehead atoms. The van der Waals surface area contributed by atoms with Gasteiger partial charge >= 0.3 is 0 Å². The van der Waals surface area contributed by atoms with E-state index in [1.807, 2.05) is 0 Å². The second-order valence-corrected chi connectivity index (χ2v) is 2.65. The number of rotatable bonds is 3. The van der Waals surface area contributed by atoms with E-state index in [0.717, 1.165) is 12.8 Å². The van der Waals surface area contributed by atoms with Crippen LogP contribution in [-0.4, -0.2) is 25.3 Å². The number of carbonyl (C=O) groups excluding carboxylic acids is 1. The van der Waals surface area contributed by atoms with Gasteiger partial charge in [0, 0.05) is 7.11 Å². The summed E-state index contributed by atoms with van der Waals surface area (Å²) >= 11 is 0. The molecule has 1 aliphatic carbocycles. The molecule has 0 aromatic carbocycles. The quantitative estimate of drug-likeness (QED) is 0.432. The van der Waals surface area contributed by atoms with Crippen LogP contribution in [0.1, 0.15) is 19.3 Å². The maximum Gasteiger partial charge on any atom is 0.235 e. The summed E-state index contributed by atoms with van der Waals surface area (Å²) in [4.78, 5) is 13.3. The maximum absolute atomic E-state index is 9.76. The van der Waals surface area contributed by atoms with Crippen molar-refractivity contribution in [3.8, 4) is 0 Å². The Kier molecular flexibility index (Phi) is 2.20. The Labute approximate surface area is 60.1 Å². The minimum Gasteiger partial charge on any atom is -0.376 e. The Bertz CT molecular complexity index is 151. The van der Waals surface area contributed by atoms with Crippen LogP contribution in [0.5, 0.6) is 0 Å². The van der Waals surface area contributed by atoms with Crippen LogP contribution in [0.15, 0.2) is 4.99 Å². The van der Waals surface area contributed by atoms with Gasteiger partial charge in [0.15, 0.2) is 0 Å². The van der Waals surface area contributed by atoms with Crippen molar-refractivity contribution in [1.82, 2.24) is 0 Å². The molecule has 0 spiro atoms. The van der Waals surface area contributed by atoms with Gasteiger partial charge in [0.1, 0.15) is 0 Å². The second-order valence-electron chi connectivity index (χ2n) is 2.65. The summed E-state index contributed by atoms with van der Waals surface area (Å²) in [7, 11) is 1.67. The first-order valence-corrected chi connectivity index (χ1v) is 3.42. The summed E-state index contributed by atoms with van der Waals surface area (Å²) in [6.45, 7) is 0.479. The zero-order valence-corrected chi connectivity index (χ0v) is 6.09. The second kappa shape index (κ2) is 2.95. The fourth-order valence-electron chi connectivity index (χ4n) is 1.17. The molecule has 0 saturated heterocycles. The minimum atomic E-state index is -0.114. The highest BCUT2D eigenvalue weighted by Crippen LogP contribution is 2.34. The van der Waals surface area contributed by atoms with E-state index in [4.69, 9.17) is 4.74 Å². The summed E-state index contributed by atoms with van der Waals surface area (Å²) in [5.74, 6) is 0. The summed E-state index contributed by atoms with van der Waals surface area (Å²) in [6, 6.07) is 0. The van der Waals surface area contributed by atoms with E-state index in [9.17, 15) is 4.79 Å². The molecule has 0 radical (unpaired) electrons. The number of hydrogen-bond donors (Lipinski definition) is 0. The van der Waals surface area contributed by atoms with Gasteiger partial charge in [-0.15, -0.1) is 0 Å². The van der Waals surface area contributed by atoms with Crippen LogP contribution in [0.2, 0.25) is 0 Å². The van der Waals surface area contributed by atoms with Gasteiger partial charge in [-0.1, -0.05) is 0 Å².